The van der Waals surface area contributed by atoms with Crippen molar-refractivity contribution >= 4 is 32.2 Å². The van der Waals surface area contributed by atoms with Gasteiger partial charge in [0.2, 0.25) is 5.69 Å². The van der Waals surface area contributed by atoms with Gasteiger partial charge in [0.25, 0.3) is 0 Å². The lowest BCUT2D eigenvalue weighted by Gasteiger charge is -2.20. The van der Waals surface area contributed by atoms with Crippen molar-refractivity contribution in [1.82, 2.24) is 0 Å². The van der Waals surface area contributed by atoms with Gasteiger partial charge in [-0.15, -0.1) is 11.3 Å². The highest BCUT2D eigenvalue weighted by Gasteiger charge is 2.32. The number of rotatable bonds is 0. The van der Waals surface area contributed by atoms with E-state index in [0.717, 1.165) is 11.5 Å². The predicted octanol–water partition coefficient (Wildman–Crippen LogP) is 5.27. The SMILES string of the molecule is Cc1sc2cc[n+](C)c3c2c1Oc1cc2ccccc2c(C)c1-3. The normalized spacial score (nSPS) is 12.5. The van der Waals surface area contributed by atoms with Crippen molar-refractivity contribution in [1.29, 1.82) is 0 Å². The summed E-state index contributed by atoms with van der Waals surface area (Å²) in [6.07, 6.45) is 2.15. The zero-order chi connectivity index (χ0) is 15.7. The van der Waals surface area contributed by atoms with Crippen molar-refractivity contribution in [3.63, 3.8) is 0 Å². The molecule has 0 radical (unpaired) electrons. The molecule has 1 aliphatic heterocycles. The molecule has 2 aromatic heterocycles. The zero-order valence-electron chi connectivity index (χ0n) is 13.3. The first kappa shape index (κ1) is 13.1. The molecule has 0 saturated heterocycles. The molecule has 0 aliphatic carbocycles. The third-order valence-electron chi connectivity index (χ3n) is 4.82. The number of fused-ring (bicyclic) bond motifs is 3. The Morgan fingerprint density at radius 1 is 1.09 bits per heavy atom. The van der Waals surface area contributed by atoms with Crippen LogP contribution >= 0.6 is 11.3 Å². The molecule has 112 valence electrons. The lowest BCUT2D eigenvalue weighted by atomic mass is 9.93. The molecule has 5 rings (SSSR count). The van der Waals surface area contributed by atoms with Crippen LogP contribution in [0.2, 0.25) is 0 Å². The van der Waals surface area contributed by atoms with Gasteiger partial charge in [0.05, 0.1) is 10.3 Å². The summed E-state index contributed by atoms with van der Waals surface area (Å²) in [5.41, 5.74) is 3.78. The standard InChI is InChI=1S/C20H16NOS/c1-11-14-7-5-4-6-13(14)10-15-17(11)19-18-16(8-9-21(19)3)23-12(2)20(18)22-15/h4-10H,1-3H3/q+1. The fourth-order valence-electron chi connectivity index (χ4n) is 3.73. The van der Waals surface area contributed by atoms with Crippen LogP contribution in [0.4, 0.5) is 0 Å². The Hall–Kier alpha value is -2.39. The van der Waals surface area contributed by atoms with Crippen molar-refractivity contribution in [3.05, 3.63) is 53.0 Å². The van der Waals surface area contributed by atoms with Crippen molar-refractivity contribution in [2.75, 3.05) is 0 Å². The van der Waals surface area contributed by atoms with Crippen LogP contribution in [-0.2, 0) is 7.05 Å². The smallest absolute Gasteiger partial charge is 0.228 e. The van der Waals surface area contributed by atoms with Crippen molar-refractivity contribution < 1.29 is 9.30 Å². The van der Waals surface area contributed by atoms with Gasteiger partial charge in [-0.1, -0.05) is 24.3 Å². The minimum atomic E-state index is 0.971. The first-order valence-corrected chi connectivity index (χ1v) is 8.59. The zero-order valence-corrected chi connectivity index (χ0v) is 14.1. The molecule has 0 N–H and O–H groups in total. The maximum Gasteiger partial charge on any atom is 0.228 e. The van der Waals surface area contributed by atoms with Crippen LogP contribution in [0.3, 0.4) is 0 Å². The molecule has 0 spiro atoms. The minimum Gasteiger partial charge on any atom is -0.454 e. The largest absolute Gasteiger partial charge is 0.454 e. The fourth-order valence-corrected chi connectivity index (χ4v) is 4.72. The molecule has 0 atom stereocenters. The monoisotopic (exact) mass is 318 g/mol. The average molecular weight is 318 g/mol. The van der Waals surface area contributed by atoms with Gasteiger partial charge in [0, 0.05) is 10.9 Å². The van der Waals surface area contributed by atoms with E-state index in [1.807, 2.05) is 11.3 Å². The van der Waals surface area contributed by atoms with E-state index in [2.05, 4.69) is 68.1 Å². The van der Waals surface area contributed by atoms with Gasteiger partial charge in [-0.05, 0) is 36.2 Å². The fraction of sp³-hybridized carbons (Fsp3) is 0.150. The van der Waals surface area contributed by atoms with E-state index in [1.165, 1.54) is 42.6 Å². The van der Waals surface area contributed by atoms with Crippen LogP contribution in [0.5, 0.6) is 11.5 Å². The van der Waals surface area contributed by atoms with Gasteiger partial charge < -0.3 is 4.74 Å². The Morgan fingerprint density at radius 3 is 2.78 bits per heavy atom. The molecule has 3 heterocycles. The summed E-state index contributed by atoms with van der Waals surface area (Å²) in [6.45, 7) is 4.34. The highest BCUT2D eigenvalue weighted by molar-refractivity contribution is 7.19. The highest BCUT2D eigenvalue weighted by atomic mass is 32.1. The van der Waals surface area contributed by atoms with Crippen molar-refractivity contribution in [3.8, 4) is 22.8 Å². The average Bonchev–Trinajstić information content (AvgIpc) is 2.87. The molecule has 1 aliphatic rings. The molecule has 0 fully saturated rings. The number of nitrogens with zero attached hydrogens (tertiary/aromatic N) is 1. The van der Waals surface area contributed by atoms with Gasteiger partial charge in [0.1, 0.15) is 18.2 Å². The Labute approximate surface area is 138 Å². The minimum absolute atomic E-state index is 0.971. The molecular weight excluding hydrogens is 302 g/mol. The third-order valence-corrected chi connectivity index (χ3v) is 5.87. The quantitative estimate of drug-likeness (QED) is 0.355. The topological polar surface area (TPSA) is 13.1 Å². The van der Waals surface area contributed by atoms with Crippen molar-refractivity contribution in [2.45, 2.75) is 13.8 Å². The van der Waals surface area contributed by atoms with Gasteiger partial charge in [0.15, 0.2) is 11.9 Å². The van der Waals surface area contributed by atoms with E-state index >= 15 is 0 Å². The number of thiophene rings is 1. The van der Waals surface area contributed by atoms with Gasteiger partial charge in [-0.25, -0.2) is 4.57 Å². The maximum absolute atomic E-state index is 6.36. The molecule has 2 aromatic carbocycles. The summed E-state index contributed by atoms with van der Waals surface area (Å²) >= 11 is 1.81. The summed E-state index contributed by atoms with van der Waals surface area (Å²) in [4.78, 5) is 1.24. The van der Waals surface area contributed by atoms with Crippen LogP contribution in [-0.4, -0.2) is 0 Å². The van der Waals surface area contributed by atoms with Gasteiger partial charge >= 0.3 is 0 Å². The second kappa shape index (κ2) is 4.33. The summed E-state index contributed by atoms with van der Waals surface area (Å²) < 4.78 is 9.88. The summed E-state index contributed by atoms with van der Waals surface area (Å²) in [7, 11) is 2.12. The summed E-state index contributed by atoms with van der Waals surface area (Å²) in [6, 6.07) is 12.9. The molecule has 0 saturated carbocycles. The van der Waals surface area contributed by atoms with E-state index in [0.29, 0.717) is 0 Å². The number of hydrogen-bond donors (Lipinski definition) is 0. The first-order valence-electron chi connectivity index (χ1n) is 7.77. The predicted molar refractivity (Wildman–Crippen MR) is 95.5 cm³/mol. The Kier molecular flexibility index (Phi) is 2.46. The lowest BCUT2D eigenvalue weighted by molar-refractivity contribution is -0.659. The molecule has 3 heteroatoms. The van der Waals surface area contributed by atoms with Crippen LogP contribution < -0.4 is 9.30 Å². The molecule has 2 nitrogen and oxygen atoms in total. The highest BCUT2D eigenvalue weighted by Crippen LogP contribution is 2.51. The van der Waals surface area contributed by atoms with Crippen LogP contribution in [0.25, 0.3) is 32.1 Å². The third kappa shape index (κ3) is 1.60. The van der Waals surface area contributed by atoms with E-state index in [4.69, 9.17) is 4.74 Å². The molecule has 4 aromatic rings. The number of pyridine rings is 1. The van der Waals surface area contributed by atoms with Crippen LogP contribution in [0.1, 0.15) is 10.4 Å². The molecular formula is C20H16NOS+. The number of ether oxygens (including phenoxy) is 1. The Morgan fingerprint density at radius 2 is 1.91 bits per heavy atom. The lowest BCUT2D eigenvalue weighted by Crippen LogP contribution is -2.31. The first-order chi connectivity index (χ1) is 11.1. The Bertz CT molecular complexity index is 1120. The second-order valence-electron chi connectivity index (χ2n) is 6.20. The molecule has 23 heavy (non-hydrogen) atoms. The Balaban J connectivity index is 2.02. The van der Waals surface area contributed by atoms with E-state index < -0.39 is 0 Å². The van der Waals surface area contributed by atoms with Gasteiger partial charge in [-0.2, -0.15) is 0 Å². The molecule has 0 bridgehead atoms. The van der Waals surface area contributed by atoms with Crippen LogP contribution in [0, 0.1) is 13.8 Å². The molecule has 0 unspecified atom stereocenters. The number of hydrogen-bond acceptors (Lipinski definition) is 2. The van der Waals surface area contributed by atoms with Crippen LogP contribution in [0.15, 0.2) is 42.6 Å². The van der Waals surface area contributed by atoms with E-state index in [1.54, 1.807) is 0 Å². The van der Waals surface area contributed by atoms with E-state index in [-0.39, 0.29) is 0 Å². The number of aromatic nitrogens is 1. The van der Waals surface area contributed by atoms with Crippen molar-refractivity contribution in [2.24, 2.45) is 7.05 Å². The maximum atomic E-state index is 6.36. The number of benzene rings is 2. The van der Waals surface area contributed by atoms with E-state index in [9.17, 15) is 0 Å². The van der Waals surface area contributed by atoms with Gasteiger partial charge in [-0.3, -0.25) is 0 Å². The summed E-state index contributed by atoms with van der Waals surface area (Å²) in [5, 5.41) is 3.78. The second-order valence-corrected chi connectivity index (χ2v) is 7.46. The molecule has 0 amide bonds. The number of aryl methyl sites for hydroxylation is 3. The summed E-state index contributed by atoms with van der Waals surface area (Å²) in [5.74, 6) is 2.00.